The molecule has 3 aromatic rings. The summed E-state index contributed by atoms with van der Waals surface area (Å²) >= 11 is 0. The standard InChI is InChI=1S/C23H25NO2.ClH/c1-25-23-10-6-5-9-21(23)15-16-24-17-19-11-13-22(14-12-19)26-18-20-7-3-2-4-8-20;/h2-14,24H,15-18H2,1H3;1H. The van der Waals surface area contributed by atoms with Crippen molar-refractivity contribution in [1.29, 1.82) is 0 Å². The van der Waals surface area contributed by atoms with Crippen molar-refractivity contribution in [2.75, 3.05) is 13.7 Å². The van der Waals surface area contributed by atoms with Gasteiger partial charge in [0.05, 0.1) is 7.11 Å². The zero-order valence-electron chi connectivity index (χ0n) is 15.6. The molecule has 0 heterocycles. The molecular weight excluding hydrogens is 358 g/mol. The number of ether oxygens (including phenoxy) is 2. The largest absolute Gasteiger partial charge is 0.496 e. The minimum atomic E-state index is 0. The summed E-state index contributed by atoms with van der Waals surface area (Å²) in [4.78, 5) is 0. The molecule has 0 amide bonds. The summed E-state index contributed by atoms with van der Waals surface area (Å²) < 4.78 is 11.2. The van der Waals surface area contributed by atoms with Gasteiger partial charge in [0, 0.05) is 6.54 Å². The van der Waals surface area contributed by atoms with E-state index in [-0.39, 0.29) is 12.4 Å². The van der Waals surface area contributed by atoms with E-state index in [0.29, 0.717) is 6.61 Å². The third-order valence-corrected chi connectivity index (χ3v) is 4.26. The average Bonchev–Trinajstić information content (AvgIpc) is 2.71. The Morgan fingerprint density at radius 1 is 0.778 bits per heavy atom. The lowest BCUT2D eigenvalue weighted by Crippen LogP contribution is -2.16. The first kappa shape index (κ1) is 20.8. The molecule has 0 aliphatic rings. The van der Waals surface area contributed by atoms with Crippen LogP contribution in [0.4, 0.5) is 0 Å². The number of rotatable bonds is 9. The minimum Gasteiger partial charge on any atom is -0.496 e. The highest BCUT2D eigenvalue weighted by Crippen LogP contribution is 2.17. The van der Waals surface area contributed by atoms with Crippen LogP contribution in [0.1, 0.15) is 16.7 Å². The van der Waals surface area contributed by atoms with Gasteiger partial charge in [-0.1, -0.05) is 60.7 Å². The van der Waals surface area contributed by atoms with Crippen LogP contribution in [0.5, 0.6) is 11.5 Å². The van der Waals surface area contributed by atoms with E-state index in [9.17, 15) is 0 Å². The maximum Gasteiger partial charge on any atom is 0.122 e. The topological polar surface area (TPSA) is 30.5 Å². The number of para-hydroxylation sites is 1. The first-order chi connectivity index (χ1) is 12.8. The summed E-state index contributed by atoms with van der Waals surface area (Å²) in [6.07, 6.45) is 0.947. The second-order valence-corrected chi connectivity index (χ2v) is 6.16. The Balaban J connectivity index is 0.00000261. The molecule has 0 unspecified atom stereocenters. The summed E-state index contributed by atoms with van der Waals surface area (Å²) in [6, 6.07) is 26.6. The smallest absolute Gasteiger partial charge is 0.122 e. The fourth-order valence-corrected chi connectivity index (χ4v) is 2.81. The molecule has 4 heteroatoms. The number of benzene rings is 3. The fourth-order valence-electron chi connectivity index (χ4n) is 2.81. The molecule has 27 heavy (non-hydrogen) atoms. The third kappa shape index (κ3) is 6.63. The molecule has 0 aliphatic heterocycles. The Morgan fingerprint density at radius 2 is 1.48 bits per heavy atom. The molecule has 3 aromatic carbocycles. The lowest BCUT2D eigenvalue weighted by molar-refractivity contribution is 0.306. The average molecular weight is 384 g/mol. The number of nitrogens with one attached hydrogen (secondary N) is 1. The maximum absolute atomic E-state index is 5.82. The lowest BCUT2D eigenvalue weighted by Gasteiger charge is -2.10. The van der Waals surface area contributed by atoms with Crippen LogP contribution in [0.25, 0.3) is 0 Å². The first-order valence-electron chi connectivity index (χ1n) is 8.93. The van der Waals surface area contributed by atoms with E-state index in [0.717, 1.165) is 31.0 Å². The minimum absolute atomic E-state index is 0. The summed E-state index contributed by atoms with van der Waals surface area (Å²) in [7, 11) is 1.72. The quantitative estimate of drug-likeness (QED) is 0.526. The van der Waals surface area contributed by atoms with Gasteiger partial charge in [-0.05, 0) is 47.9 Å². The Morgan fingerprint density at radius 3 is 2.22 bits per heavy atom. The molecule has 0 spiro atoms. The van der Waals surface area contributed by atoms with Crippen LogP contribution in [-0.4, -0.2) is 13.7 Å². The van der Waals surface area contributed by atoms with Crippen LogP contribution < -0.4 is 14.8 Å². The van der Waals surface area contributed by atoms with E-state index >= 15 is 0 Å². The molecular formula is C23H26ClNO2. The van der Waals surface area contributed by atoms with Gasteiger partial charge in [0.1, 0.15) is 18.1 Å². The van der Waals surface area contributed by atoms with E-state index in [1.807, 2.05) is 48.5 Å². The van der Waals surface area contributed by atoms with Gasteiger partial charge < -0.3 is 14.8 Å². The van der Waals surface area contributed by atoms with Gasteiger partial charge in [0.25, 0.3) is 0 Å². The van der Waals surface area contributed by atoms with E-state index in [1.54, 1.807) is 7.11 Å². The molecule has 0 saturated carbocycles. The van der Waals surface area contributed by atoms with Crippen molar-refractivity contribution < 1.29 is 9.47 Å². The predicted molar refractivity (Wildman–Crippen MR) is 113 cm³/mol. The normalized spacial score (nSPS) is 10.1. The maximum atomic E-state index is 5.82. The molecule has 1 N–H and O–H groups in total. The Kier molecular flexibility index (Phi) is 8.69. The molecule has 0 atom stereocenters. The number of hydrogen-bond donors (Lipinski definition) is 1. The molecule has 0 fully saturated rings. The summed E-state index contributed by atoms with van der Waals surface area (Å²) in [5, 5.41) is 3.48. The molecule has 3 rings (SSSR count). The fraction of sp³-hybridized carbons (Fsp3) is 0.217. The third-order valence-electron chi connectivity index (χ3n) is 4.26. The van der Waals surface area contributed by atoms with Crippen molar-refractivity contribution in [3.05, 3.63) is 95.6 Å². The van der Waals surface area contributed by atoms with Crippen LogP contribution >= 0.6 is 12.4 Å². The number of methoxy groups -OCH3 is 1. The van der Waals surface area contributed by atoms with E-state index in [1.165, 1.54) is 16.7 Å². The highest BCUT2D eigenvalue weighted by atomic mass is 35.5. The Hall–Kier alpha value is -2.49. The van der Waals surface area contributed by atoms with Gasteiger partial charge in [-0.2, -0.15) is 0 Å². The summed E-state index contributed by atoms with van der Waals surface area (Å²) in [5.74, 6) is 1.85. The van der Waals surface area contributed by atoms with Gasteiger partial charge in [0.2, 0.25) is 0 Å². The Labute approximate surface area is 167 Å². The van der Waals surface area contributed by atoms with Gasteiger partial charge in [0.15, 0.2) is 0 Å². The van der Waals surface area contributed by atoms with Gasteiger partial charge in [-0.15, -0.1) is 12.4 Å². The van der Waals surface area contributed by atoms with Crippen LogP contribution in [0.3, 0.4) is 0 Å². The van der Waals surface area contributed by atoms with Crippen molar-refractivity contribution in [1.82, 2.24) is 5.32 Å². The molecule has 0 aliphatic carbocycles. The van der Waals surface area contributed by atoms with Gasteiger partial charge >= 0.3 is 0 Å². The SMILES string of the molecule is COc1ccccc1CCNCc1ccc(OCc2ccccc2)cc1.Cl. The monoisotopic (exact) mass is 383 g/mol. The highest BCUT2D eigenvalue weighted by Gasteiger charge is 2.01. The highest BCUT2D eigenvalue weighted by molar-refractivity contribution is 5.85. The molecule has 3 nitrogen and oxygen atoms in total. The number of hydrogen-bond acceptors (Lipinski definition) is 3. The van der Waals surface area contributed by atoms with E-state index < -0.39 is 0 Å². The number of halogens is 1. The van der Waals surface area contributed by atoms with Crippen molar-refractivity contribution in [3.63, 3.8) is 0 Å². The van der Waals surface area contributed by atoms with Crippen molar-refractivity contribution in [3.8, 4) is 11.5 Å². The second-order valence-electron chi connectivity index (χ2n) is 6.16. The molecule has 0 aromatic heterocycles. The van der Waals surface area contributed by atoms with Crippen LogP contribution in [0, 0.1) is 0 Å². The second kappa shape index (κ2) is 11.3. The van der Waals surface area contributed by atoms with Crippen LogP contribution in [-0.2, 0) is 19.6 Å². The van der Waals surface area contributed by atoms with Crippen LogP contribution in [0.15, 0.2) is 78.9 Å². The Bertz CT molecular complexity index is 791. The zero-order valence-corrected chi connectivity index (χ0v) is 16.4. The molecule has 0 bridgehead atoms. The summed E-state index contributed by atoms with van der Waals surface area (Å²) in [5.41, 5.74) is 3.65. The molecule has 142 valence electrons. The van der Waals surface area contributed by atoms with Crippen molar-refractivity contribution >= 4 is 12.4 Å². The van der Waals surface area contributed by atoms with Crippen molar-refractivity contribution in [2.45, 2.75) is 19.6 Å². The predicted octanol–water partition coefficient (Wildman–Crippen LogP) is 5.03. The molecule has 0 radical (unpaired) electrons. The van der Waals surface area contributed by atoms with Crippen LogP contribution in [0.2, 0.25) is 0 Å². The van der Waals surface area contributed by atoms with Gasteiger partial charge in [-0.3, -0.25) is 0 Å². The zero-order chi connectivity index (χ0) is 18.0. The lowest BCUT2D eigenvalue weighted by atomic mass is 10.1. The van der Waals surface area contributed by atoms with E-state index in [4.69, 9.17) is 9.47 Å². The first-order valence-corrected chi connectivity index (χ1v) is 8.93. The summed E-state index contributed by atoms with van der Waals surface area (Å²) in [6.45, 7) is 2.35. The van der Waals surface area contributed by atoms with Crippen molar-refractivity contribution in [2.24, 2.45) is 0 Å². The van der Waals surface area contributed by atoms with E-state index in [2.05, 4.69) is 35.6 Å². The van der Waals surface area contributed by atoms with Gasteiger partial charge in [-0.25, -0.2) is 0 Å². The molecule has 0 saturated heterocycles.